The molecule has 0 atom stereocenters. The first-order chi connectivity index (χ1) is 9.31. The van der Waals surface area contributed by atoms with Gasteiger partial charge in [0.05, 0.1) is 11.4 Å². The molecule has 1 aliphatic heterocycles. The maximum Gasteiger partial charge on any atom is 0.280 e. The van der Waals surface area contributed by atoms with Gasteiger partial charge in [-0.1, -0.05) is 19.1 Å². The molecule has 1 N–H and O–H groups in total. The number of fused-ring (bicyclic) bond motifs is 2. The van der Waals surface area contributed by atoms with Gasteiger partial charge in [0.1, 0.15) is 0 Å². The summed E-state index contributed by atoms with van der Waals surface area (Å²) in [5.41, 5.74) is 2.12. The molecule has 0 aliphatic carbocycles. The van der Waals surface area contributed by atoms with Gasteiger partial charge in [-0.25, -0.2) is 9.97 Å². The number of rotatable bonds is 2. The third kappa shape index (κ3) is 1.93. The molecule has 2 aromatic rings. The predicted molar refractivity (Wildman–Crippen MR) is 73.7 cm³/mol. The highest BCUT2D eigenvalue weighted by molar-refractivity contribution is 6.11. The zero-order valence-electron chi connectivity index (χ0n) is 10.6. The molecule has 0 radical (unpaired) electrons. The molecule has 0 spiro atoms. The number of aromatic nitrogens is 2. The van der Waals surface area contributed by atoms with Crippen LogP contribution in [0.1, 0.15) is 23.8 Å². The third-order valence-corrected chi connectivity index (χ3v) is 3.04. The predicted octanol–water partition coefficient (Wildman–Crippen LogP) is 2.59. The van der Waals surface area contributed by atoms with Gasteiger partial charge >= 0.3 is 0 Å². The number of benzene rings is 1. The van der Waals surface area contributed by atoms with E-state index in [1.165, 1.54) is 0 Å². The summed E-state index contributed by atoms with van der Waals surface area (Å²) in [7, 11) is 0. The first-order valence-corrected chi connectivity index (χ1v) is 6.30. The Labute approximate surface area is 111 Å². The maximum atomic E-state index is 12.6. The fourth-order valence-corrected chi connectivity index (χ4v) is 2.21. The summed E-state index contributed by atoms with van der Waals surface area (Å²) in [5, 5.41) is 3.19. The van der Waals surface area contributed by atoms with Crippen molar-refractivity contribution in [1.82, 2.24) is 9.97 Å². The fraction of sp³-hybridized carbons (Fsp3) is 0.214. The van der Waals surface area contributed by atoms with E-state index < -0.39 is 0 Å². The summed E-state index contributed by atoms with van der Waals surface area (Å²) in [4.78, 5) is 22.7. The van der Waals surface area contributed by atoms with E-state index in [1.54, 1.807) is 17.3 Å². The summed E-state index contributed by atoms with van der Waals surface area (Å²) in [5.74, 6) is 0.404. The highest BCUT2D eigenvalue weighted by atomic mass is 16.2. The van der Waals surface area contributed by atoms with Crippen molar-refractivity contribution in [3.63, 3.8) is 0 Å². The average Bonchev–Trinajstić information content (AvgIpc) is 2.56. The molecule has 5 heteroatoms. The number of anilines is 3. The number of nitrogens with one attached hydrogen (secondary N) is 1. The molecule has 96 valence electrons. The Morgan fingerprint density at radius 1 is 1.21 bits per heavy atom. The molecule has 0 bridgehead atoms. The van der Waals surface area contributed by atoms with Crippen LogP contribution in [0.2, 0.25) is 0 Å². The fourth-order valence-electron chi connectivity index (χ4n) is 2.21. The minimum Gasteiger partial charge on any atom is -0.337 e. The molecule has 0 unspecified atom stereocenters. The van der Waals surface area contributed by atoms with Crippen molar-refractivity contribution in [3.05, 3.63) is 42.4 Å². The van der Waals surface area contributed by atoms with E-state index in [9.17, 15) is 4.79 Å². The molecule has 1 amide bonds. The van der Waals surface area contributed by atoms with Crippen molar-refractivity contribution in [2.45, 2.75) is 13.3 Å². The molecular weight excluding hydrogens is 240 g/mol. The molecule has 1 aliphatic rings. The molecule has 2 heterocycles. The summed E-state index contributed by atoms with van der Waals surface area (Å²) < 4.78 is 0. The minimum atomic E-state index is -0.109. The van der Waals surface area contributed by atoms with Crippen LogP contribution in [0.3, 0.4) is 0 Å². The van der Waals surface area contributed by atoms with Crippen molar-refractivity contribution < 1.29 is 4.79 Å². The number of amides is 1. The van der Waals surface area contributed by atoms with Crippen LogP contribution in [0.4, 0.5) is 17.2 Å². The van der Waals surface area contributed by atoms with E-state index in [0.717, 1.165) is 17.8 Å². The van der Waals surface area contributed by atoms with Crippen LogP contribution in [-0.2, 0) is 0 Å². The molecule has 0 saturated heterocycles. The van der Waals surface area contributed by atoms with E-state index in [0.29, 0.717) is 18.1 Å². The normalized spacial score (nSPS) is 13.3. The van der Waals surface area contributed by atoms with Gasteiger partial charge in [0.25, 0.3) is 5.91 Å². The van der Waals surface area contributed by atoms with Gasteiger partial charge in [-0.15, -0.1) is 0 Å². The van der Waals surface area contributed by atoms with Crippen LogP contribution in [0.5, 0.6) is 0 Å². The van der Waals surface area contributed by atoms with E-state index in [1.807, 2.05) is 31.2 Å². The number of para-hydroxylation sites is 2. The molecule has 5 nitrogen and oxygen atoms in total. The molecule has 1 aromatic heterocycles. The van der Waals surface area contributed by atoms with E-state index in [4.69, 9.17) is 0 Å². The first-order valence-electron chi connectivity index (χ1n) is 6.30. The smallest absolute Gasteiger partial charge is 0.280 e. The van der Waals surface area contributed by atoms with Gasteiger partial charge in [-0.3, -0.25) is 4.79 Å². The average molecular weight is 254 g/mol. The Morgan fingerprint density at radius 2 is 2.00 bits per heavy atom. The monoisotopic (exact) mass is 254 g/mol. The molecule has 3 rings (SSSR count). The summed E-state index contributed by atoms with van der Waals surface area (Å²) in [6, 6.07) is 7.73. The summed E-state index contributed by atoms with van der Waals surface area (Å²) >= 11 is 0. The lowest BCUT2D eigenvalue weighted by Gasteiger charge is -2.21. The number of carbonyl (C=O) groups excluding carboxylic acids is 1. The van der Waals surface area contributed by atoms with Crippen molar-refractivity contribution in [3.8, 4) is 0 Å². The Kier molecular flexibility index (Phi) is 2.87. The zero-order chi connectivity index (χ0) is 13.2. The Balaban J connectivity index is 2.18. The largest absolute Gasteiger partial charge is 0.337 e. The maximum absolute atomic E-state index is 12.6. The second-order valence-corrected chi connectivity index (χ2v) is 4.35. The standard InChI is InChI=1S/C14H14N4O/c1-2-9-18-11-6-4-3-5-10(11)17-13-12(14(18)19)15-7-8-16-13/h3-8H,2,9H2,1H3,(H,16,17). The SMILES string of the molecule is CCCN1C(=O)c2nccnc2Nc2ccccc21. The van der Waals surface area contributed by atoms with Crippen molar-refractivity contribution >= 4 is 23.1 Å². The molecule has 0 saturated carbocycles. The van der Waals surface area contributed by atoms with E-state index in [2.05, 4.69) is 15.3 Å². The first kappa shape index (κ1) is 11.6. The topological polar surface area (TPSA) is 58.1 Å². The Morgan fingerprint density at radius 3 is 2.84 bits per heavy atom. The molecule has 0 fully saturated rings. The van der Waals surface area contributed by atoms with E-state index >= 15 is 0 Å². The quantitative estimate of drug-likeness (QED) is 0.895. The Bertz CT molecular complexity index is 626. The van der Waals surface area contributed by atoms with Gasteiger partial charge < -0.3 is 10.2 Å². The zero-order valence-corrected chi connectivity index (χ0v) is 10.6. The lowest BCUT2D eigenvalue weighted by molar-refractivity contribution is 0.0983. The lowest BCUT2D eigenvalue weighted by Crippen LogP contribution is -2.31. The van der Waals surface area contributed by atoms with Gasteiger partial charge in [-0.05, 0) is 18.6 Å². The van der Waals surface area contributed by atoms with Crippen LogP contribution in [0.25, 0.3) is 0 Å². The highest BCUT2D eigenvalue weighted by Gasteiger charge is 2.27. The number of hydrogen-bond acceptors (Lipinski definition) is 4. The van der Waals surface area contributed by atoms with E-state index in [-0.39, 0.29) is 5.91 Å². The second kappa shape index (κ2) is 4.68. The number of carbonyl (C=O) groups is 1. The van der Waals surface area contributed by atoms with Crippen molar-refractivity contribution in [2.75, 3.05) is 16.8 Å². The van der Waals surface area contributed by atoms with Crippen LogP contribution in [-0.4, -0.2) is 22.4 Å². The summed E-state index contributed by atoms with van der Waals surface area (Å²) in [6.07, 6.45) is 4.01. The minimum absolute atomic E-state index is 0.109. The summed E-state index contributed by atoms with van der Waals surface area (Å²) in [6.45, 7) is 2.71. The van der Waals surface area contributed by atoms with Crippen LogP contribution >= 0.6 is 0 Å². The highest BCUT2D eigenvalue weighted by Crippen LogP contribution is 2.33. The lowest BCUT2D eigenvalue weighted by atomic mass is 10.2. The van der Waals surface area contributed by atoms with Crippen molar-refractivity contribution in [1.29, 1.82) is 0 Å². The van der Waals surface area contributed by atoms with Gasteiger partial charge in [-0.2, -0.15) is 0 Å². The number of nitrogens with zero attached hydrogens (tertiary/aromatic N) is 3. The molecular formula is C14H14N4O. The van der Waals surface area contributed by atoms with Gasteiger partial charge in [0, 0.05) is 18.9 Å². The molecule has 1 aromatic carbocycles. The second-order valence-electron chi connectivity index (χ2n) is 4.35. The van der Waals surface area contributed by atoms with Crippen LogP contribution in [0.15, 0.2) is 36.7 Å². The Hall–Kier alpha value is -2.43. The van der Waals surface area contributed by atoms with Crippen LogP contribution in [0, 0.1) is 0 Å². The van der Waals surface area contributed by atoms with Crippen LogP contribution < -0.4 is 10.2 Å². The van der Waals surface area contributed by atoms with Gasteiger partial charge in [0.2, 0.25) is 0 Å². The van der Waals surface area contributed by atoms with Crippen molar-refractivity contribution in [2.24, 2.45) is 0 Å². The van der Waals surface area contributed by atoms with Gasteiger partial charge in [0.15, 0.2) is 11.5 Å². The third-order valence-electron chi connectivity index (χ3n) is 3.04. The number of hydrogen-bond donors (Lipinski definition) is 1. The molecule has 19 heavy (non-hydrogen) atoms.